The molecular weight excluding hydrogens is 286 g/mol. The summed E-state index contributed by atoms with van der Waals surface area (Å²) in [5.41, 5.74) is 0.160. The quantitative estimate of drug-likeness (QED) is 0.506. The Labute approximate surface area is 109 Å². The number of anilines is 1. The summed E-state index contributed by atoms with van der Waals surface area (Å²) in [7, 11) is 0. The molecule has 0 fully saturated rings. The summed E-state index contributed by atoms with van der Waals surface area (Å²) in [6.07, 6.45) is -5.05. The molecule has 0 aromatic heterocycles. The van der Waals surface area contributed by atoms with Crippen LogP contribution in [0.15, 0.2) is 18.2 Å². The molecule has 20 heavy (non-hydrogen) atoms. The second-order valence-electron chi connectivity index (χ2n) is 4.07. The lowest BCUT2D eigenvalue weighted by Gasteiger charge is -2.25. The largest absolute Gasteiger partial charge is 0.415 e. The summed E-state index contributed by atoms with van der Waals surface area (Å²) in [6, 6.07) is 2.00. The lowest BCUT2D eigenvalue weighted by Crippen LogP contribution is -2.59. The normalized spacial score (nSPS) is 14.5. The number of nitro groups is 1. The zero-order chi connectivity index (χ0) is 15.7. The van der Waals surface area contributed by atoms with Crippen LogP contribution in [0.3, 0.4) is 0 Å². The molecule has 10 heteroatoms. The maximum atomic E-state index is 12.8. The van der Waals surface area contributed by atoms with Crippen LogP contribution in [0.5, 0.6) is 0 Å². The number of amides is 1. The second kappa shape index (κ2) is 5.04. The second-order valence-corrected chi connectivity index (χ2v) is 4.07. The molecule has 1 unspecified atom stereocenters. The predicted molar refractivity (Wildman–Crippen MR) is 60.3 cm³/mol. The number of rotatable bonds is 3. The summed E-state index contributed by atoms with van der Waals surface area (Å²) in [5, 5.41) is 12.3. The Morgan fingerprint density at radius 2 is 1.95 bits per heavy atom. The number of halogens is 4. The van der Waals surface area contributed by atoms with Crippen molar-refractivity contribution >= 4 is 17.3 Å². The smallest absolute Gasteiger partial charge is 0.318 e. The van der Waals surface area contributed by atoms with Crippen LogP contribution < -0.4 is 11.1 Å². The Bertz CT molecular complexity index is 557. The third-order valence-electron chi connectivity index (χ3n) is 2.47. The number of nitrogens with one attached hydrogen (secondary N) is 1. The average Bonchev–Trinajstić information content (AvgIpc) is 2.29. The molecule has 1 aromatic rings. The molecule has 3 N–H and O–H groups in total. The van der Waals surface area contributed by atoms with E-state index in [2.05, 4.69) is 0 Å². The number of carbonyl (C=O) groups is 1. The van der Waals surface area contributed by atoms with E-state index in [1.54, 1.807) is 5.32 Å². The molecule has 0 spiro atoms. The van der Waals surface area contributed by atoms with Gasteiger partial charge in [-0.15, -0.1) is 0 Å². The maximum absolute atomic E-state index is 12.8. The highest BCUT2D eigenvalue weighted by atomic mass is 19.4. The summed E-state index contributed by atoms with van der Waals surface area (Å²) in [6.45, 7) is 0.414. The van der Waals surface area contributed by atoms with Gasteiger partial charge in [0, 0.05) is 0 Å². The van der Waals surface area contributed by atoms with Gasteiger partial charge in [-0.2, -0.15) is 13.2 Å². The minimum atomic E-state index is -5.05. The van der Waals surface area contributed by atoms with Crippen LogP contribution in [0.4, 0.5) is 28.9 Å². The molecule has 0 saturated heterocycles. The first-order chi connectivity index (χ1) is 8.96. The molecule has 0 radical (unpaired) electrons. The third kappa shape index (κ3) is 3.02. The molecule has 0 bridgehead atoms. The Hall–Kier alpha value is -2.23. The van der Waals surface area contributed by atoms with Gasteiger partial charge in [0.25, 0.3) is 11.6 Å². The number of nitrogens with two attached hydrogens (primary N) is 1. The van der Waals surface area contributed by atoms with Gasteiger partial charge in [-0.25, -0.2) is 4.39 Å². The molecule has 1 amide bonds. The van der Waals surface area contributed by atoms with E-state index in [1.165, 1.54) is 0 Å². The van der Waals surface area contributed by atoms with Crippen LogP contribution in [-0.2, 0) is 4.79 Å². The van der Waals surface area contributed by atoms with Gasteiger partial charge in [-0.05, 0) is 19.1 Å². The van der Waals surface area contributed by atoms with Gasteiger partial charge in [0.05, 0.1) is 11.0 Å². The van der Waals surface area contributed by atoms with Gasteiger partial charge in [-0.3, -0.25) is 14.9 Å². The van der Waals surface area contributed by atoms with Crippen molar-refractivity contribution in [3.8, 4) is 0 Å². The number of hydrogen-bond acceptors (Lipinski definition) is 4. The van der Waals surface area contributed by atoms with Gasteiger partial charge >= 0.3 is 6.18 Å². The molecule has 0 aliphatic rings. The highest BCUT2D eigenvalue weighted by molar-refractivity contribution is 5.99. The molecule has 1 atom stereocenters. The molecular formula is C10H9F4N3O3. The Morgan fingerprint density at radius 3 is 2.40 bits per heavy atom. The minimum Gasteiger partial charge on any atom is -0.318 e. The van der Waals surface area contributed by atoms with Crippen LogP contribution in [-0.4, -0.2) is 22.5 Å². The van der Waals surface area contributed by atoms with Gasteiger partial charge in [-0.1, -0.05) is 0 Å². The van der Waals surface area contributed by atoms with Crippen LogP contribution in [0.25, 0.3) is 0 Å². The summed E-state index contributed by atoms with van der Waals surface area (Å²) in [4.78, 5) is 21.1. The molecule has 0 heterocycles. The molecule has 0 aliphatic heterocycles. The summed E-state index contributed by atoms with van der Waals surface area (Å²) in [5.74, 6) is -2.67. The molecule has 110 valence electrons. The van der Waals surface area contributed by atoms with E-state index >= 15 is 0 Å². The van der Waals surface area contributed by atoms with E-state index in [1.807, 2.05) is 0 Å². The average molecular weight is 295 g/mol. The SMILES string of the molecule is CC(N)(C(=O)Nc1ccc(F)cc1[N+](=O)[O-])C(F)(F)F. The van der Waals surface area contributed by atoms with Crippen molar-refractivity contribution in [3.05, 3.63) is 34.1 Å². The zero-order valence-electron chi connectivity index (χ0n) is 9.99. The fraction of sp³-hybridized carbons (Fsp3) is 0.300. The van der Waals surface area contributed by atoms with Gasteiger partial charge < -0.3 is 11.1 Å². The molecule has 1 rings (SSSR count). The van der Waals surface area contributed by atoms with E-state index in [0.29, 0.717) is 13.0 Å². The van der Waals surface area contributed by atoms with Crippen molar-refractivity contribution < 1.29 is 27.3 Å². The van der Waals surface area contributed by atoms with Crippen molar-refractivity contribution in [2.75, 3.05) is 5.32 Å². The number of nitrogens with zero attached hydrogens (tertiary/aromatic N) is 1. The fourth-order valence-corrected chi connectivity index (χ4v) is 1.14. The van der Waals surface area contributed by atoms with E-state index in [-0.39, 0.29) is 0 Å². The number of nitro benzene ring substituents is 1. The van der Waals surface area contributed by atoms with Crippen LogP contribution in [0.2, 0.25) is 0 Å². The number of hydrogen-bond donors (Lipinski definition) is 2. The minimum absolute atomic E-state index is 0.414. The predicted octanol–water partition coefficient (Wildman–Crippen LogP) is 1.95. The number of carbonyl (C=O) groups excluding carboxylic acids is 1. The van der Waals surface area contributed by atoms with Crippen molar-refractivity contribution in [2.24, 2.45) is 5.73 Å². The van der Waals surface area contributed by atoms with Gasteiger partial charge in [0.15, 0.2) is 5.54 Å². The Kier molecular flexibility index (Phi) is 3.99. The maximum Gasteiger partial charge on any atom is 0.415 e. The number of alkyl halides is 3. The van der Waals surface area contributed by atoms with Gasteiger partial charge in [0.1, 0.15) is 11.5 Å². The molecule has 6 nitrogen and oxygen atoms in total. The Balaban J connectivity index is 3.12. The van der Waals surface area contributed by atoms with Crippen molar-refractivity contribution in [1.29, 1.82) is 0 Å². The van der Waals surface area contributed by atoms with E-state index in [9.17, 15) is 32.5 Å². The molecule has 0 saturated carbocycles. The first kappa shape index (κ1) is 15.8. The summed E-state index contributed by atoms with van der Waals surface area (Å²) < 4.78 is 50.4. The standard InChI is InChI=1S/C10H9F4N3O3/c1-9(15,10(12,13)14)8(18)16-6-3-2-5(11)4-7(6)17(19)20/h2-4H,15H2,1H3,(H,16,18). The monoisotopic (exact) mass is 295 g/mol. The molecule has 0 aliphatic carbocycles. The molecule has 1 aromatic carbocycles. The van der Waals surface area contributed by atoms with E-state index in [4.69, 9.17) is 5.73 Å². The van der Waals surface area contributed by atoms with Crippen molar-refractivity contribution in [2.45, 2.75) is 18.6 Å². The van der Waals surface area contributed by atoms with Crippen LogP contribution in [0, 0.1) is 15.9 Å². The fourth-order valence-electron chi connectivity index (χ4n) is 1.14. The van der Waals surface area contributed by atoms with E-state index < -0.39 is 39.7 Å². The van der Waals surface area contributed by atoms with Crippen molar-refractivity contribution in [3.63, 3.8) is 0 Å². The van der Waals surface area contributed by atoms with E-state index in [0.717, 1.165) is 12.1 Å². The zero-order valence-corrected chi connectivity index (χ0v) is 9.99. The summed E-state index contributed by atoms with van der Waals surface area (Å²) >= 11 is 0. The topological polar surface area (TPSA) is 98.3 Å². The lowest BCUT2D eigenvalue weighted by atomic mass is 10.0. The lowest BCUT2D eigenvalue weighted by molar-refractivity contribution is -0.384. The highest BCUT2D eigenvalue weighted by Crippen LogP contribution is 2.31. The van der Waals surface area contributed by atoms with Crippen LogP contribution in [0.1, 0.15) is 6.92 Å². The van der Waals surface area contributed by atoms with Crippen molar-refractivity contribution in [1.82, 2.24) is 0 Å². The number of benzene rings is 1. The first-order valence-electron chi connectivity index (χ1n) is 5.08. The Morgan fingerprint density at radius 1 is 1.40 bits per heavy atom. The van der Waals surface area contributed by atoms with Crippen LogP contribution >= 0.6 is 0 Å². The third-order valence-corrected chi connectivity index (χ3v) is 2.47. The highest BCUT2D eigenvalue weighted by Gasteiger charge is 2.54. The first-order valence-corrected chi connectivity index (χ1v) is 5.08. The van der Waals surface area contributed by atoms with Gasteiger partial charge in [0.2, 0.25) is 0 Å².